The third-order valence-electron chi connectivity index (χ3n) is 2.64. The molecule has 0 spiro atoms. The Morgan fingerprint density at radius 2 is 2.27 bits per heavy atom. The van der Waals surface area contributed by atoms with E-state index in [2.05, 4.69) is 23.0 Å². The highest BCUT2D eigenvalue weighted by Crippen LogP contribution is 2.18. The zero-order chi connectivity index (χ0) is 11.3. The van der Waals surface area contributed by atoms with Crippen molar-refractivity contribution < 1.29 is 8.42 Å². The van der Waals surface area contributed by atoms with E-state index in [-0.39, 0.29) is 0 Å². The standard InChI is InChI=1S/C10H16ClNO2S/c1-2-12-7-3-5-10(9-12)6-4-8-15(11,13)14/h10H,2-3,5-7,9H2,1H3. The van der Waals surface area contributed by atoms with Crippen LogP contribution in [0.2, 0.25) is 0 Å². The van der Waals surface area contributed by atoms with Crippen LogP contribution in [0.15, 0.2) is 0 Å². The summed E-state index contributed by atoms with van der Waals surface area (Å²) >= 11 is 0. The van der Waals surface area contributed by atoms with Crippen molar-refractivity contribution in [2.24, 2.45) is 5.92 Å². The zero-order valence-electron chi connectivity index (χ0n) is 8.87. The average Bonchev–Trinajstić information content (AvgIpc) is 2.16. The Morgan fingerprint density at radius 1 is 1.53 bits per heavy atom. The van der Waals surface area contributed by atoms with Crippen LogP contribution >= 0.6 is 10.7 Å². The second-order valence-corrected chi connectivity index (χ2v) is 6.12. The summed E-state index contributed by atoms with van der Waals surface area (Å²) in [5.41, 5.74) is 0. The van der Waals surface area contributed by atoms with Gasteiger partial charge in [-0.1, -0.05) is 12.8 Å². The lowest BCUT2D eigenvalue weighted by atomic mass is 9.95. The lowest BCUT2D eigenvalue weighted by Gasteiger charge is -2.30. The number of likely N-dealkylation sites (tertiary alicyclic amines) is 1. The van der Waals surface area contributed by atoms with Crippen LogP contribution in [0.5, 0.6) is 0 Å². The fraction of sp³-hybridized carbons (Fsp3) is 0.800. The van der Waals surface area contributed by atoms with Crippen molar-refractivity contribution in [3.8, 4) is 11.2 Å². The lowest BCUT2D eigenvalue weighted by Crippen LogP contribution is -2.34. The first-order valence-electron chi connectivity index (χ1n) is 5.18. The van der Waals surface area contributed by atoms with E-state index >= 15 is 0 Å². The highest BCUT2D eigenvalue weighted by Gasteiger charge is 2.17. The first kappa shape index (κ1) is 12.8. The van der Waals surface area contributed by atoms with Crippen LogP contribution in [0, 0.1) is 17.1 Å². The molecular weight excluding hydrogens is 234 g/mol. The zero-order valence-corrected chi connectivity index (χ0v) is 10.4. The van der Waals surface area contributed by atoms with Crippen LogP contribution in [0.3, 0.4) is 0 Å². The molecule has 1 saturated heterocycles. The van der Waals surface area contributed by atoms with Gasteiger partial charge in [0.25, 0.3) is 0 Å². The first-order chi connectivity index (χ1) is 7.01. The summed E-state index contributed by atoms with van der Waals surface area (Å²) in [7, 11) is 1.35. The van der Waals surface area contributed by atoms with Gasteiger partial charge in [0.05, 0.1) is 0 Å². The maximum absolute atomic E-state index is 10.6. The first-order valence-corrected chi connectivity index (χ1v) is 7.49. The molecule has 5 heteroatoms. The van der Waals surface area contributed by atoms with Gasteiger partial charge in [-0.2, -0.15) is 8.42 Å². The van der Waals surface area contributed by atoms with E-state index in [0.717, 1.165) is 26.1 Å². The molecule has 1 aliphatic rings. The summed E-state index contributed by atoms with van der Waals surface area (Å²) in [5, 5.41) is 2.07. The molecule has 0 aromatic rings. The van der Waals surface area contributed by atoms with E-state index in [1.807, 2.05) is 0 Å². The van der Waals surface area contributed by atoms with E-state index in [1.54, 1.807) is 0 Å². The van der Waals surface area contributed by atoms with Crippen LogP contribution in [-0.2, 0) is 9.05 Å². The van der Waals surface area contributed by atoms with Gasteiger partial charge in [-0.15, -0.1) is 0 Å². The van der Waals surface area contributed by atoms with E-state index in [1.165, 1.54) is 6.42 Å². The summed E-state index contributed by atoms with van der Waals surface area (Å²) in [5.74, 6) is 3.13. The van der Waals surface area contributed by atoms with Crippen LogP contribution in [0.25, 0.3) is 0 Å². The molecule has 0 N–H and O–H groups in total. The van der Waals surface area contributed by atoms with E-state index < -0.39 is 9.05 Å². The monoisotopic (exact) mass is 249 g/mol. The Morgan fingerprint density at radius 3 is 2.87 bits per heavy atom. The molecule has 1 unspecified atom stereocenters. The fourth-order valence-corrected chi connectivity index (χ4v) is 2.30. The fourth-order valence-electron chi connectivity index (χ4n) is 1.88. The van der Waals surface area contributed by atoms with Crippen LogP contribution in [-0.4, -0.2) is 33.0 Å². The van der Waals surface area contributed by atoms with Gasteiger partial charge in [0.1, 0.15) is 0 Å². The van der Waals surface area contributed by atoms with Crippen molar-refractivity contribution in [2.45, 2.75) is 26.2 Å². The molecule has 15 heavy (non-hydrogen) atoms. The molecule has 0 saturated carbocycles. The van der Waals surface area contributed by atoms with Crippen LogP contribution < -0.4 is 0 Å². The quantitative estimate of drug-likeness (QED) is 0.552. The number of nitrogens with zero attached hydrogens (tertiary/aromatic N) is 1. The molecular formula is C10H16ClNO2S. The van der Waals surface area contributed by atoms with Crippen molar-refractivity contribution in [1.29, 1.82) is 0 Å². The highest BCUT2D eigenvalue weighted by atomic mass is 35.7. The van der Waals surface area contributed by atoms with E-state index in [4.69, 9.17) is 10.7 Å². The van der Waals surface area contributed by atoms with Gasteiger partial charge >= 0.3 is 9.05 Å². The SMILES string of the molecule is CCN1CCCC(CC#CS(=O)(=O)Cl)C1. The summed E-state index contributed by atoms with van der Waals surface area (Å²) in [4.78, 5) is 2.37. The second-order valence-electron chi connectivity index (χ2n) is 3.82. The highest BCUT2D eigenvalue weighted by molar-refractivity contribution is 8.17. The number of hydrogen-bond donors (Lipinski definition) is 0. The molecule has 1 atom stereocenters. The largest absolute Gasteiger partial charge is 0.303 e. The molecule has 0 aromatic carbocycles. The molecule has 0 aromatic heterocycles. The van der Waals surface area contributed by atoms with Gasteiger partial charge in [0, 0.05) is 28.9 Å². The summed E-state index contributed by atoms with van der Waals surface area (Å²) in [6.45, 7) is 5.36. The number of hydrogen-bond acceptors (Lipinski definition) is 3. The van der Waals surface area contributed by atoms with Crippen molar-refractivity contribution >= 4 is 19.7 Å². The Bertz CT molecular complexity index is 355. The Balaban J connectivity index is 2.41. The Kier molecular flexibility index (Phi) is 4.91. The smallest absolute Gasteiger partial charge is 0.300 e. The molecule has 1 aliphatic heterocycles. The molecule has 1 rings (SSSR count). The topological polar surface area (TPSA) is 37.4 Å². The van der Waals surface area contributed by atoms with Crippen molar-refractivity contribution in [3.05, 3.63) is 0 Å². The van der Waals surface area contributed by atoms with Gasteiger partial charge in [-0.3, -0.25) is 0 Å². The third kappa shape index (κ3) is 5.41. The molecule has 3 nitrogen and oxygen atoms in total. The van der Waals surface area contributed by atoms with Gasteiger partial charge in [0.15, 0.2) is 0 Å². The minimum atomic E-state index is -3.65. The summed E-state index contributed by atoms with van der Waals surface area (Å²) in [6.07, 6.45) is 2.93. The maximum Gasteiger partial charge on any atom is 0.300 e. The summed E-state index contributed by atoms with van der Waals surface area (Å²) in [6, 6.07) is 0. The van der Waals surface area contributed by atoms with E-state index in [9.17, 15) is 8.42 Å². The van der Waals surface area contributed by atoms with Crippen molar-refractivity contribution in [1.82, 2.24) is 4.90 Å². The number of halogens is 1. The lowest BCUT2D eigenvalue weighted by molar-refractivity contribution is 0.185. The molecule has 0 amide bonds. The molecule has 0 radical (unpaired) electrons. The molecule has 86 valence electrons. The molecule has 1 fully saturated rings. The Labute approximate surface area is 96.2 Å². The van der Waals surface area contributed by atoms with Gasteiger partial charge in [0.2, 0.25) is 0 Å². The molecule has 0 aliphatic carbocycles. The van der Waals surface area contributed by atoms with Gasteiger partial charge in [-0.25, -0.2) is 0 Å². The molecule has 1 heterocycles. The van der Waals surface area contributed by atoms with Gasteiger partial charge in [-0.05, 0) is 31.8 Å². The van der Waals surface area contributed by atoms with Crippen molar-refractivity contribution in [3.63, 3.8) is 0 Å². The predicted molar refractivity (Wildman–Crippen MR) is 62.0 cm³/mol. The average molecular weight is 250 g/mol. The third-order valence-corrected chi connectivity index (χ3v) is 3.25. The minimum Gasteiger partial charge on any atom is -0.303 e. The summed E-state index contributed by atoms with van der Waals surface area (Å²) < 4.78 is 21.1. The number of piperidine rings is 1. The normalized spacial score (nSPS) is 23.2. The van der Waals surface area contributed by atoms with Crippen molar-refractivity contribution in [2.75, 3.05) is 19.6 Å². The Hall–Kier alpha value is -0.240. The molecule has 0 bridgehead atoms. The maximum atomic E-state index is 10.6. The number of rotatable bonds is 2. The van der Waals surface area contributed by atoms with E-state index in [0.29, 0.717) is 12.3 Å². The minimum absolute atomic E-state index is 0.490. The van der Waals surface area contributed by atoms with Crippen LogP contribution in [0.4, 0.5) is 0 Å². The predicted octanol–water partition coefficient (Wildman–Crippen LogP) is 1.64. The second kappa shape index (κ2) is 5.74. The van der Waals surface area contributed by atoms with Gasteiger partial charge < -0.3 is 4.90 Å². The van der Waals surface area contributed by atoms with Crippen LogP contribution in [0.1, 0.15) is 26.2 Å².